The van der Waals surface area contributed by atoms with E-state index in [2.05, 4.69) is 159 Å². The van der Waals surface area contributed by atoms with Gasteiger partial charge in [-0.2, -0.15) is 22.2 Å². The number of hydrogen-bond acceptors (Lipinski definition) is 0. The van der Waals surface area contributed by atoms with Gasteiger partial charge in [-0.3, -0.25) is 0 Å². The second-order valence-electron chi connectivity index (χ2n) is 10.9. The van der Waals surface area contributed by atoms with Crippen molar-refractivity contribution < 1.29 is 0 Å². The molecule has 0 bridgehead atoms. The van der Waals surface area contributed by atoms with Crippen LogP contribution in [-0.4, -0.2) is 17.7 Å². The molecule has 0 heterocycles. The minimum atomic E-state index is -0.967. The van der Waals surface area contributed by atoms with E-state index >= 15 is 0 Å². The fourth-order valence-electron chi connectivity index (χ4n) is 5.76. The fraction of sp³-hybridized carbons (Fsp3) is 0.333. The Morgan fingerprint density at radius 2 is 0.974 bits per heavy atom. The zero-order valence-electron chi connectivity index (χ0n) is 24.4. The first-order valence-corrected chi connectivity index (χ1v) is 17.3. The van der Waals surface area contributed by atoms with Crippen LogP contribution in [0.4, 0.5) is 0 Å². The molecule has 0 saturated carbocycles. The molecule has 0 nitrogen and oxygen atoms in total. The second kappa shape index (κ2) is 16.8. The number of benzene rings is 4. The molecule has 0 unspecified atom stereocenters. The molecule has 0 aliphatic carbocycles. The molecular weight excluding hydrogens is 555 g/mol. The SMILES string of the molecule is CC(C)[B-](c1ccccc1)(c1ccccc1)c1ccccc1.CCCC[S+](CCCC)Cc1ccc(Br)cc1. The summed E-state index contributed by atoms with van der Waals surface area (Å²) >= 11 is 3.50. The van der Waals surface area contributed by atoms with E-state index < -0.39 is 6.15 Å². The number of hydrogen-bond donors (Lipinski definition) is 0. The minimum Gasteiger partial charge on any atom is -0.200 e. The van der Waals surface area contributed by atoms with Crippen LogP contribution in [0.25, 0.3) is 0 Å². The molecule has 0 atom stereocenters. The van der Waals surface area contributed by atoms with Crippen molar-refractivity contribution in [1.29, 1.82) is 0 Å². The summed E-state index contributed by atoms with van der Waals surface area (Å²) in [7, 11) is 0.603. The first-order chi connectivity index (χ1) is 19.0. The van der Waals surface area contributed by atoms with E-state index in [1.54, 1.807) is 0 Å². The third-order valence-corrected chi connectivity index (χ3v) is 10.8. The third kappa shape index (κ3) is 8.88. The van der Waals surface area contributed by atoms with Crippen LogP contribution in [0.3, 0.4) is 0 Å². The van der Waals surface area contributed by atoms with Crippen LogP contribution >= 0.6 is 15.9 Å². The van der Waals surface area contributed by atoms with E-state index in [0.29, 0.717) is 16.7 Å². The molecule has 4 aromatic rings. The highest BCUT2D eigenvalue weighted by molar-refractivity contribution is 9.10. The van der Waals surface area contributed by atoms with Gasteiger partial charge in [-0.15, -0.1) is 0 Å². The van der Waals surface area contributed by atoms with Gasteiger partial charge in [-0.05, 0) is 35.9 Å². The first kappa shape index (κ1) is 31.3. The van der Waals surface area contributed by atoms with Crippen LogP contribution in [0.1, 0.15) is 58.9 Å². The van der Waals surface area contributed by atoms with Gasteiger partial charge in [0.25, 0.3) is 0 Å². The van der Waals surface area contributed by atoms with Gasteiger partial charge < -0.3 is 0 Å². The molecule has 0 aliphatic rings. The number of halogens is 1. The largest absolute Gasteiger partial charge is 0.200 e. The highest BCUT2D eigenvalue weighted by atomic mass is 79.9. The monoisotopic (exact) mass is 600 g/mol. The van der Waals surface area contributed by atoms with E-state index in [4.69, 9.17) is 0 Å². The summed E-state index contributed by atoms with van der Waals surface area (Å²) in [5, 5.41) is 0. The normalized spacial score (nSPS) is 11.4. The third-order valence-electron chi connectivity index (χ3n) is 7.83. The van der Waals surface area contributed by atoms with E-state index in [1.807, 2.05) is 0 Å². The van der Waals surface area contributed by atoms with Crippen LogP contribution in [-0.2, 0) is 16.6 Å². The van der Waals surface area contributed by atoms with Crippen LogP contribution in [0.15, 0.2) is 120 Å². The van der Waals surface area contributed by atoms with E-state index in [1.165, 1.54) is 69.4 Å². The van der Waals surface area contributed by atoms with Crippen molar-refractivity contribution in [2.45, 2.75) is 64.9 Å². The zero-order valence-corrected chi connectivity index (χ0v) is 26.8. The molecule has 0 N–H and O–H groups in total. The van der Waals surface area contributed by atoms with Crippen molar-refractivity contribution in [3.63, 3.8) is 0 Å². The molecular formula is C36H46BBrS. The highest BCUT2D eigenvalue weighted by Crippen LogP contribution is 2.21. The summed E-state index contributed by atoms with van der Waals surface area (Å²) in [5.74, 6) is 4.64. The van der Waals surface area contributed by atoms with Gasteiger partial charge in [-0.25, -0.2) is 0 Å². The smallest absolute Gasteiger partial charge is 0.133 e. The molecule has 206 valence electrons. The summed E-state index contributed by atoms with van der Waals surface area (Å²) in [4.78, 5) is 0. The number of rotatable bonds is 12. The Kier molecular flexibility index (Phi) is 13.5. The molecule has 39 heavy (non-hydrogen) atoms. The highest BCUT2D eigenvalue weighted by Gasteiger charge is 2.32. The maximum absolute atomic E-state index is 3.50. The maximum atomic E-state index is 3.50. The van der Waals surface area contributed by atoms with E-state index in [0.717, 1.165) is 0 Å². The Morgan fingerprint density at radius 1 is 0.590 bits per heavy atom. The molecule has 4 rings (SSSR count). The maximum Gasteiger partial charge on any atom is 0.133 e. The summed E-state index contributed by atoms with van der Waals surface area (Å²) in [6.07, 6.45) is 4.48. The van der Waals surface area contributed by atoms with Gasteiger partial charge >= 0.3 is 0 Å². The molecule has 0 saturated heterocycles. The van der Waals surface area contributed by atoms with Crippen LogP contribution in [0.2, 0.25) is 5.82 Å². The average Bonchev–Trinajstić information content (AvgIpc) is 2.98. The zero-order chi connectivity index (χ0) is 27.9. The Hall–Kier alpha value is -2.23. The standard InChI is InChI=1S/C21H22B.C15H24BrS/c1-18(2)22(19-12-6-3-7-13-19,20-14-8-4-9-15-20)21-16-10-5-11-17-21;1-3-5-11-17(12-6-4-2)13-14-7-9-15(16)10-8-14/h3-18H,1-2H3;7-10H,3-6,11-13H2,1-2H3/q-1;+1. The predicted octanol–water partition coefficient (Wildman–Crippen LogP) is 8.73. The summed E-state index contributed by atoms with van der Waals surface area (Å²) in [6, 6.07) is 41.7. The molecule has 0 fully saturated rings. The fourth-order valence-corrected chi connectivity index (χ4v) is 8.58. The number of unbranched alkanes of at least 4 members (excludes halogenated alkanes) is 2. The Balaban J connectivity index is 0.000000224. The van der Waals surface area contributed by atoms with Crippen molar-refractivity contribution >= 4 is 49.4 Å². The van der Waals surface area contributed by atoms with Crippen molar-refractivity contribution in [3.8, 4) is 0 Å². The van der Waals surface area contributed by atoms with Gasteiger partial charge in [-0.1, -0.05) is 160 Å². The predicted molar refractivity (Wildman–Crippen MR) is 184 cm³/mol. The Labute approximate surface area is 250 Å². The lowest BCUT2D eigenvalue weighted by molar-refractivity contribution is 0.870. The molecule has 0 aromatic heterocycles. The van der Waals surface area contributed by atoms with Crippen LogP contribution in [0, 0.1) is 0 Å². The Morgan fingerprint density at radius 3 is 1.31 bits per heavy atom. The molecule has 3 heteroatoms. The molecule has 0 radical (unpaired) electrons. The second-order valence-corrected chi connectivity index (χ2v) is 14.2. The first-order valence-electron chi connectivity index (χ1n) is 14.7. The molecule has 4 aromatic carbocycles. The van der Waals surface area contributed by atoms with E-state index in [-0.39, 0.29) is 0 Å². The minimum absolute atomic E-state index is 0.507. The van der Waals surface area contributed by atoms with Crippen molar-refractivity contribution in [1.82, 2.24) is 0 Å². The van der Waals surface area contributed by atoms with Crippen molar-refractivity contribution in [2.24, 2.45) is 0 Å². The quantitative estimate of drug-likeness (QED) is 0.113. The van der Waals surface area contributed by atoms with E-state index in [9.17, 15) is 0 Å². The van der Waals surface area contributed by atoms with Gasteiger partial charge in [0.15, 0.2) is 0 Å². The van der Waals surface area contributed by atoms with Crippen molar-refractivity contribution in [2.75, 3.05) is 11.5 Å². The molecule has 0 amide bonds. The van der Waals surface area contributed by atoms with Crippen molar-refractivity contribution in [3.05, 3.63) is 125 Å². The Bertz CT molecular complexity index is 1070. The van der Waals surface area contributed by atoms with Gasteiger partial charge in [0.1, 0.15) is 17.3 Å². The molecule has 0 aliphatic heterocycles. The summed E-state index contributed by atoms with van der Waals surface area (Å²) in [5.41, 5.74) is 5.74. The lowest BCUT2D eigenvalue weighted by Crippen LogP contribution is -2.68. The average molecular weight is 602 g/mol. The van der Waals surface area contributed by atoms with Crippen LogP contribution < -0.4 is 16.4 Å². The summed E-state index contributed by atoms with van der Waals surface area (Å²) in [6.45, 7) is 9.27. The summed E-state index contributed by atoms with van der Waals surface area (Å²) < 4.78 is 1.18. The lowest BCUT2D eigenvalue weighted by atomic mass is 9.11. The van der Waals surface area contributed by atoms with Gasteiger partial charge in [0.2, 0.25) is 0 Å². The topological polar surface area (TPSA) is 0 Å². The van der Waals surface area contributed by atoms with Crippen LogP contribution in [0.5, 0.6) is 0 Å². The van der Waals surface area contributed by atoms with Gasteiger partial charge in [0, 0.05) is 10.0 Å². The lowest BCUT2D eigenvalue weighted by Gasteiger charge is -2.47. The molecule has 0 spiro atoms. The van der Waals surface area contributed by atoms with Gasteiger partial charge in [0.05, 0.1) is 6.15 Å².